The molecule has 23 heavy (non-hydrogen) atoms. The van der Waals surface area contributed by atoms with E-state index in [-0.39, 0.29) is 18.8 Å². The third-order valence-electron chi connectivity index (χ3n) is 3.82. The van der Waals surface area contributed by atoms with E-state index in [4.69, 9.17) is 4.74 Å². The van der Waals surface area contributed by atoms with E-state index in [1.165, 1.54) is 19.2 Å². The Kier molecular flexibility index (Phi) is 4.69. The lowest BCUT2D eigenvalue weighted by Gasteiger charge is -2.39. The zero-order valence-corrected chi connectivity index (χ0v) is 12.3. The van der Waals surface area contributed by atoms with Crippen molar-refractivity contribution in [3.05, 3.63) is 24.0 Å². The molecule has 0 radical (unpaired) electrons. The van der Waals surface area contributed by atoms with Crippen molar-refractivity contribution in [1.29, 1.82) is 0 Å². The van der Waals surface area contributed by atoms with Gasteiger partial charge in [0.25, 0.3) is 0 Å². The summed E-state index contributed by atoms with van der Waals surface area (Å²) < 4.78 is 56.7. The summed E-state index contributed by atoms with van der Waals surface area (Å²) in [5.74, 6) is -0.366. The zero-order valence-electron chi connectivity index (χ0n) is 12.3. The van der Waals surface area contributed by atoms with Crippen LogP contribution in [-0.2, 0) is 0 Å². The van der Waals surface area contributed by atoms with Crippen LogP contribution in [-0.4, -0.2) is 48.0 Å². The maximum absolute atomic E-state index is 13.6. The Morgan fingerprint density at radius 1 is 1.35 bits per heavy atom. The van der Waals surface area contributed by atoms with Crippen molar-refractivity contribution in [1.82, 2.24) is 4.90 Å². The monoisotopic (exact) mass is 336 g/mol. The standard InChI is InChI=1S/C14H16F4N2O3/c1-23-9-2-3-10(15)11(8-9)19-12(21)20-6-4-13(22,5-7-20)14(16,17)18/h2-3,8,22H,4-7H2,1H3,(H,19,21). The maximum Gasteiger partial charge on any atom is 0.417 e. The Balaban J connectivity index is 2.01. The van der Waals surface area contributed by atoms with Crippen molar-refractivity contribution >= 4 is 11.7 Å². The first-order valence-corrected chi connectivity index (χ1v) is 6.85. The van der Waals surface area contributed by atoms with Gasteiger partial charge in [-0.05, 0) is 12.1 Å². The number of hydrogen-bond acceptors (Lipinski definition) is 3. The summed E-state index contributed by atoms with van der Waals surface area (Å²) in [5, 5.41) is 11.8. The number of likely N-dealkylation sites (tertiary alicyclic amines) is 1. The third-order valence-corrected chi connectivity index (χ3v) is 3.82. The average Bonchev–Trinajstić information content (AvgIpc) is 2.49. The van der Waals surface area contributed by atoms with Gasteiger partial charge in [-0.3, -0.25) is 0 Å². The van der Waals surface area contributed by atoms with Crippen molar-refractivity contribution < 1.29 is 32.2 Å². The number of nitrogens with zero attached hydrogens (tertiary/aromatic N) is 1. The fourth-order valence-electron chi connectivity index (χ4n) is 2.28. The van der Waals surface area contributed by atoms with E-state index in [9.17, 15) is 27.5 Å². The summed E-state index contributed by atoms with van der Waals surface area (Å²) in [6.45, 7) is -0.569. The number of urea groups is 1. The highest BCUT2D eigenvalue weighted by atomic mass is 19.4. The van der Waals surface area contributed by atoms with Crippen molar-refractivity contribution in [2.24, 2.45) is 0 Å². The lowest BCUT2D eigenvalue weighted by atomic mass is 9.91. The first-order chi connectivity index (χ1) is 10.7. The number of amides is 2. The van der Waals surface area contributed by atoms with Gasteiger partial charge >= 0.3 is 12.2 Å². The summed E-state index contributed by atoms with van der Waals surface area (Å²) in [7, 11) is 1.38. The largest absolute Gasteiger partial charge is 0.497 e. The van der Waals surface area contributed by atoms with Crippen LogP contribution in [0.5, 0.6) is 5.75 Å². The number of hydrogen-bond donors (Lipinski definition) is 2. The Hall–Kier alpha value is -2.03. The number of nitrogens with one attached hydrogen (secondary N) is 1. The summed E-state index contributed by atoms with van der Waals surface area (Å²) in [4.78, 5) is 13.1. The SMILES string of the molecule is COc1ccc(F)c(NC(=O)N2CCC(O)(C(F)(F)F)CC2)c1. The van der Waals surface area contributed by atoms with Crippen LogP contribution in [0, 0.1) is 5.82 Å². The summed E-state index contributed by atoms with van der Waals surface area (Å²) in [6.07, 6.45) is -5.98. The number of halogens is 4. The minimum Gasteiger partial charge on any atom is -0.497 e. The van der Waals surface area contributed by atoms with Gasteiger partial charge in [-0.2, -0.15) is 13.2 Å². The molecule has 1 aromatic rings. The van der Waals surface area contributed by atoms with E-state index in [0.717, 1.165) is 11.0 Å². The molecule has 0 aromatic heterocycles. The van der Waals surface area contributed by atoms with E-state index in [2.05, 4.69) is 5.32 Å². The highest BCUT2D eigenvalue weighted by molar-refractivity contribution is 5.89. The third kappa shape index (κ3) is 3.66. The molecule has 128 valence electrons. The van der Waals surface area contributed by atoms with Crippen LogP contribution in [0.2, 0.25) is 0 Å². The van der Waals surface area contributed by atoms with E-state index in [1.54, 1.807) is 0 Å². The molecule has 2 amide bonds. The van der Waals surface area contributed by atoms with Gasteiger partial charge < -0.3 is 20.1 Å². The number of alkyl halides is 3. The van der Waals surface area contributed by atoms with Crippen LogP contribution in [0.1, 0.15) is 12.8 Å². The predicted molar refractivity (Wildman–Crippen MR) is 73.8 cm³/mol. The highest BCUT2D eigenvalue weighted by Crippen LogP contribution is 2.38. The maximum atomic E-state index is 13.6. The smallest absolute Gasteiger partial charge is 0.417 e. The molecule has 0 atom stereocenters. The fourth-order valence-corrected chi connectivity index (χ4v) is 2.28. The molecule has 2 N–H and O–H groups in total. The number of benzene rings is 1. The number of anilines is 1. The summed E-state index contributed by atoms with van der Waals surface area (Å²) in [6, 6.07) is 3.01. The first kappa shape index (κ1) is 17.3. The first-order valence-electron chi connectivity index (χ1n) is 6.85. The Morgan fingerprint density at radius 3 is 2.48 bits per heavy atom. The molecule has 0 spiro atoms. The second-order valence-corrected chi connectivity index (χ2v) is 5.29. The number of rotatable bonds is 2. The van der Waals surface area contributed by atoms with Crippen LogP contribution < -0.4 is 10.1 Å². The zero-order chi connectivity index (χ0) is 17.3. The van der Waals surface area contributed by atoms with Crippen LogP contribution in [0.3, 0.4) is 0 Å². The molecule has 1 aliphatic rings. The molecule has 0 saturated carbocycles. The molecule has 1 fully saturated rings. The number of methoxy groups -OCH3 is 1. The Labute approximate surface area is 129 Å². The van der Waals surface area contributed by atoms with E-state index >= 15 is 0 Å². The van der Waals surface area contributed by atoms with Gasteiger partial charge in [0.05, 0.1) is 12.8 Å². The second kappa shape index (κ2) is 6.23. The number of carbonyl (C=O) groups excluding carboxylic acids is 1. The molecule has 2 rings (SSSR count). The molecule has 0 aliphatic carbocycles. The van der Waals surface area contributed by atoms with E-state index < -0.39 is 36.5 Å². The minimum absolute atomic E-state index is 0.133. The molecular weight excluding hydrogens is 320 g/mol. The van der Waals surface area contributed by atoms with Crippen molar-refractivity contribution in [2.75, 3.05) is 25.5 Å². The quantitative estimate of drug-likeness (QED) is 0.817. The highest BCUT2D eigenvalue weighted by Gasteiger charge is 2.54. The van der Waals surface area contributed by atoms with Gasteiger partial charge in [0.1, 0.15) is 11.6 Å². The Morgan fingerprint density at radius 2 is 1.96 bits per heavy atom. The van der Waals surface area contributed by atoms with Gasteiger partial charge in [0.2, 0.25) is 0 Å². The molecular formula is C14H16F4N2O3. The lowest BCUT2D eigenvalue weighted by molar-refractivity contribution is -0.271. The topological polar surface area (TPSA) is 61.8 Å². The molecule has 1 saturated heterocycles. The van der Waals surface area contributed by atoms with E-state index in [0.29, 0.717) is 5.75 Å². The van der Waals surface area contributed by atoms with Crippen molar-refractivity contribution in [3.8, 4) is 5.75 Å². The number of aliphatic hydroxyl groups is 1. The van der Waals surface area contributed by atoms with Crippen molar-refractivity contribution in [3.63, 3.8) is 0 Å². The number of ether oxygens (including phenoxy) is 1. The molecule has 1 heterocycles. The number of piperidine rings is 1. The summed E-state index contributed by atoms with van der Waals surface area (Å²) in [5.41, 5.74) is -2.92. The minimum atomic E-state index is -4.74. The molecule has 1 aliphatic heterocycles. The molecule has 5 nitrogen and oxygen atoms in total. The Bertz CT molecular complexity index is 584. The van der Waals surface area contributed by atoms with E-state index in [1.807, 2.05) is 0 Å². The second-order valence-electron chi connectivity index (χ2n) is 5.29. The molecule has 0 bridgehead atoms. The van der Waals surface area contributed by atoms with Gasteiger partial charge in [-0.25, -0.2) is 9.18 Å². The molecule has 9 heteroatoms. The molecule has 1 aromatic carbocycles. The van der Waals surface area contributed by atoms with Gasteiger partial charge in [-0.1, -0.05) is 0 Å². The van der Waals surface area contributed by atoms with Crippen LogP contribution in [0.25, 0.3) is 0 Å². The van der Waals surface area contributed by atoms with Gasteiger partial charge in [0.15, 0.2) is 5.60 Å². The van der Waals surface area contributed by atoms with Gasteiger partial charge in [-0.15, -0.1) is 0 Å². The lowest BCUT2D eigenvalue weighted by Crippen LogP contribution is -2.55. The van der Waals surface area contributed by atoms with Crippen LogP contribution in [0.4, 0.5) is 28.0 Å². The predicted octanol–water partition coefficient (Wildman–Crippen LogP) is 2.76. The van der Waals surface area contributed by atoms with Crippen LogP contribution >= 0.6 is 0 Å². The van der Waals surface area contributed by atoms with Gasteiger partial charge in [0, 0.05) is 32.0 Å². The fraction of sp³-hybridized carbons (Fsp3) is 0.500. The number of carbonyl (C=O) groups is 1. The normalized spacial score (nSPS) is 17.7. The van der Waals surface area contributed by atoms with Crippen LogP contribution in [0.15, 0.2) is 18.2 Å². The summed E-state index contributed by atoms with van der Waals surface area (Å²) >= 11 is 0. The average molecular weight is 336 g/mol. The molecule has 0 unspecified atom stereocenters. The van der Waals surface area contributed by atoms with Crippen molar-refractivity contribution in [2.45, 2.75) is 24.6 Å².